The molecule has 1 aromatic heterocycles. The molecule has 0 saturated carbocycles. The number of H-pyrrole nitrogens is 1. The van der Waals surface area contributed by atoms with E-state index in [2.05, 4.69) is 73.8 Å². The summed E-state index contributed by atoms with van der Waals surface area (Å²) < 4.78 is 0. The third kappa shape index (κ3) is 29.2. The number of amides is 14. The summed E-state index contributed by atoms with van der Waals surface area (Å²) >= 11 is 0. The molecular formula is C67H105N21O15S2. The first-order valence-corrected chi connectivity index (χ1v) is 37.9. The second-order valence-electron chi connectivity index (χ2n) is 26.2. The Hall–Kier alpha value is -9.40. The van der Waals surface area contributed by atoms with Gasteiger partial charge in [0.05, 0.1) is 25.5 Å². The number of allylic oxidation sites excluding steroid dienone is 1. The number of nitrogens with two attached hydrogens (primary N) is 4. The monoisotopic (exact) mass is 1510 g/mol. The van der Waals surface area contributed by atoms with Gasteiger partial charge in [-0.05, 0) is 102 Å². The molecule has 38 heteroatoms. The Labute approximate surface area is 617 Å². The highest BCUT2D eigenvalue weighted by Gasteiger charge is 2.42. The number of imidazole rings is 1. The molecule has 3 saturated heterocycles. The molecule has 23 N–H and O–H groups in total. The van der Waals surface area contributed by atoms with Gasteiger partial charge in [-0.1, -0.05) is 91.6 Å². The van der Waals surface area contributed by atoms with Crippen LogP contribution in [-0.2, 0) is 80.0 Å². The summed E-state index contributed by atoms with van der Waals surface area (Å²) in [5, 5.41) is 49.7. The number of unbranched alkanes of at least 4 members (excludes halogenated alkanes) is 2. The van der Waals surface area contributed by atoms with Crippen molar-refractivity contribution in [3.05, 3.63) is 65.9 Å². The Kier molecular flexibility index (Phi) is 37.0. The highest BCUT2D eigenvalue weighted by molar-refractivity contribution is 8.76. The summed E-state index contributed by atoms with van der Waals surface area (Å²) in [6, 6.07) is -4.88. The number of primary amides is 1. The molecule has 0 aliphatic carbocycles. The van der Waals surface area contributed by atoms with Crippen LogP contribution in [0.4, 0.5) is 0 Å². The number of hydrogen-bond acceptors (Lipinski definition) is 21. The lowest BCUT2D eigenvalue weighted by atomic mass is 10.0. The first kappa shape index (κ1) is 86.2. The van der Waals surface area contributed by atoms with Gasteiger partial charge >= 0.3 is 0 Å². The van der Waals surface area contributed by atoms with Crippen LogP contribution in [0.3, 0.4) is 0 Å². The van der Waals surface area contributed by atoms with Crippen molar-refractivity contribution in [1.82, 2.24) is 83.6 Å². The van der Waals surface area contributed by atoms with Crippen LogP contribution in [-0.4, -0.2) is 237 Å². The molecule has 1 aromatic carbocycles. The molecule has 3 aliphatic heterocycles. The van der Waals surface area contributed by atoms with Gasteiger partial charge in [0.1, 0.15) is 66.1 Å². The van der Waals surface area contributed by atoms with Gasteiger partial charge in [0, 0.05) is 62.4 Å². The molecule has 2 aromatic rings. The molecule has 5 rings (SSSR count). The normalized spacial score (nSPS) is 20.0. The van der Waals surface area contributed by atoms with Crippen LogP contribution in [0.1, 0.15) is 129 Å². The van der Waals surface area contributed by atoms with E-state index in [0.29, 0.717) is 57.2 Å². The zero-order valence-corrected chi connectivity index (χ0v) is 61.5. The predicted molar refractivity (Wildman–Crippen MR) is 390 cm³/mol. The first-order chi connectivity index (χ1) is 50.1. The minimum Gasteiger partial charge on any atom is -0.394 e. The molecule has 4 heterocycles. The number of rotatable bonds is 38. The molecule has 3 fully saturated rings. The number of carbonyl (C=O) groups excluding carboxylic acids is 14. The lowest BCUT2D eigenvalue weighted by molar-refractivity contribution is -0.142. The van der Waals surface area contributed by atoms with Crippen molar-refractivity contribution in [1.29, 1.82) is 5.41 Å². The Morgan fingerprint density at radius 1 is 0.695 bits per heavy atom. The smallest absolute Gasteiger partial charge is 0.268 e. The number of aromatic nitrogens is 2. The zero-order chi connectivity index (χ0) is 77.1. The molecule has 0 bridgehead atoms. The third-order valence-electron chi connectivity index (χ3n) is 17.3. The molecule has 0 unspecified atom stereocenters. The maximum Gasteiger partial charge on any atom is 0.268 e. The van der Waals surface area contributed by atoms with Crippen molar-refractivity contribution in [3.8, 4) is 0 Å². The van der Waals surface area contributed by atoms with E-state index in [0.717, 1.165) is 33.6 Å². The van der Waals surface area contributed by atoms with Gasteiger partial charge in [-0.2, -0.15) is 0 Å². The van der Waals surface area contributed by atoms with Gasteiger partial charge in [0.15, 0.2) is 5.96 Å². The van der Waals surface area contributed by atoms with Crippen LogP contribution in [0.2, 0.25) is 0 Å². The van der Waals surface area contributed by atoms with E-state index < -0.39 is 169 Å². The summed E-state index contributed by atoms with van der Waals surface area (Å²) in [6.45, 7) is 5.92. The molecule has 580 valence electrons. The second-order valence-corrected chi connectivity index (χ2v) is 28.7. The lowest BCUT2D eigenvalue weighted by Gasteiger charge is -2.31. The minimum absolute atomic E-state index is 0.00736. The second kappa shape index (κ2) is 45.1. The molecular weight excluding hydrogens is 1400 g/mol. The number of hydrogen-bond donors (Lipinski definition) is 19. The SMILES string of the molecule is CCCC[C@H](NC(=O)[C@H]1CCCN1C(=O)CNC(=O)[C@@H](CCCCN)NC(=O)[C@H]1CSSC[C@H](NC(=O)[C@@H]2CCCN2C(=O)[C@H](CCCNC(=N)N)NC(=O)[C@H](CCC(N)=O)NC(=O)[C@H](Cc2cnc[nH]2)NC(=O)[C@H](C)N)C(=O)N/C(=C/C(C)C)C(=O)N[C@H](CO)C(=O)N1)C(=O)NCCc1ccccc1. The van der Waals surface area contributed by atoms with Gasteiger partial charge in [-0.25, -0.2) is 4.98 Å². The number of carbonyl (C=O) groups is 14. The van der Waals surface area contributed by atoms with E-state index in [9.17, 15) is 72.2 Å². The van der Waals surface area contributed by atoms with Crippen LogP contribution in [0.5, 0.6) is 0 Å². The van der Waals surface area contributed by atoms with Gasteiger partial charge in [-0.3, -0.25) is 72.5 Å². The van der Waals surface area contributed by atoms with E-state index in [-0.39, 0.29) is 100 Å². The van der Waals surface area contributed by atoms with E-state index in [1.165, 1.54) is 35.3 Å². The Morgan fingerprint density at radius 2 is 1.31 bits per heavy atom. The van der Waals surface area contributed by atoms with Crippen molar-refractivity contribution < 1.29 is 72.2 Å². The number of aliphatic hydroxyl groups is 1. The Bertz CT molecular complexity index is 3330. The molecule has 0 radical (unpaired) electrons. The summed E-state index contributed by atoms with van der Waals surface area (Å²) in [4.78, 5) is 204. The third-order valence-corrected chi connectivity index (χ3v) is 19.7. The molecule has 105 heavy (non-hydrogen) atoms. The molecule has 11 atom stereocenters. The van der Waals surface area contributed by atoms with E-state index in [1.54, 1.807) is 13.8 Å². The molecule has 3 aliphatic rings. The average Bonchev–Trinajstić information content (AvgIpc) is 1.77. The highest BCUT2D eigenvalue weighted by Crippen LogP contribution is 2.26. The number of likely N-dealkylation sites (tertiary alicyclic amines) is 2. The maximum atomic E-state index is 14.9. The molecule has 14 amide bonds. The quantitative estimate of drug-likeness (QED) is 0.00991. The summed E-state index contributed by atoms with van der Waals surface area (Å²) in [6.07, 6.45) is 7.38. The Morgan fingerprint density at radius 3 is 1.95 bits per heavy atom. The number of nitrogens with one attached hydrogen (secondary N) is 14. The van der Waals surface area contributed by atoms with Crippen molar-refractivity contribution in [2.24, 2.45) is 28.9 Å². The number of benzene rings is 1. The van der Waals surface area contributed by atoms with Crippen molar-refractivity contribution in [2.75, 3.05) is 57.4 Å². The lowest BCUT2D eigenvalue weighted by Crippen LogP contribution is -2.60. The van der Waals surface area contributed by atoms with E-state index >= 15 is 0 Å². The van der Waals surface area contributed by atoms with Crippen LogP contribution in [0.25, 0.3) is 0 Å². The van der Waals surface area contributed by atoms with E-state index in [4.69, 9.17) is 28.3 Å². The average molecular weight is 1510 g/mol. The number of guanidine groups is 1. The maximum absolute atomic E-state index is 14.9. The highest BCUT2D eigenvalue weighted by atomic mass is 33.1. The van der Waals surface area contributed by atoms with Gasteiger partial charge in [-0.15, -0.1) is 0 Å². The van der Waals surface area contributed by atoms with Crippen molar-refractivity contribution in [2.45, 2.75) is 197 Å². The Balaban J connectivity index is 1.33. The first-order valence-electron chi connectivity index (χ1n) is 35.4. The van der Waals surface area contributed by atoms with Crippen LogP contribution < -0.4 is 86.7 Å². The van der Waals surface area contributed by atoms with Crippen LogP contribution >= 0.6 is 21.6 Å². The molecule has 0 spiro atoms. The van der Waals surface area contributed by atoms with Gasteiger partial charge in [0.25, 0.3) is 5.91 Å². The largest absolute Gasteiger partial charge is 0.394 e. The van der Waals surface area contributed by atoms with E-state index in [1.807, 2.05) is 37.3 Å². The fourth-order valence-electron chi connectivity index (χ4n) is 11.6. The van der Waals surface area contributed by atoms with Crippen LogP contribution in [0.15, 0.2) is 54.6 Å². The number of aliphatic hydroxyl groups excluding tert-OH is 1. The van der Waals surface area contributed by atoms with Crippen LogP contribution in [0, 0.1) is 11.3 Å². The topological polar surface area (TPSA) is 567 Å². The fraction of sp³-hybridized carbons (Fsp3) is 0.612. The van der Waals surface area contributed by atoms with Gasteiger partial charge in [0.2, 0.25) is 76.8 Å². The zero-order valence-electron chi connectivity index (χ0n) is 59.9. The summed E-state index contributed by atoms with van der Waals surface area (Å²) in [5.74, 6) is -12.5. The number of aromatic amines is 1. The fourth-order valence-corrected chi connectivity index (χ4v) is 13.9. The summed E-state index contributed by atoms with van der Waals surface area (Å²) in [7, 11) is 1.92. The minimum atomic E-state index is -1.72. The number of nitrogens with zero attached hydrogens (tertiary/aromatic N) is 3. The summed E-state index contributed by atoms with van der Waals surface area (Å²) in [5.41, 5.74) is 23.7. The van der Waals surface area contributed by atoms with Crippen molar-refractivity contribution >= 4 is 110 Å². The predicted octanol–water partition coefficient (Wildman–Crippen LogP) is -4.47. The standard InChI is InChI=1S/C67H105N21O15S2/c1-5-6-17-42(56(93)74-27-24-40-15-8-7-9-16-40)80-64(101)51-20-13-28-87(51)54(91)33-76-57(94)43(18-10-11-25-68)78-62(99)49-35-104-105-36-50(63(100)83-46(30-38(2)3)59(96)84-48(34-89)61(98)85-49)86-65(102)52-21-14-29-88(52)66(103)45(19-12-26-75-67(71)72)81-58(95)44(22-23-53(70)90)79-60(97)47(82-55(92)39(4)69)31-41-32-73-37-77-41/h7-9,15-16,30,32,37-39,42-45,47-52,89H,5-6,10-14,17-29,31,33-36,68-69H2,1-4H3,(H2,70,90)(H,73,77)(H,74,93)(H,76,94)(H,78,99)(H,79,97)(H,80,101)(H,81,95)(H,82,92)(H,83,100)(H,84,96)(H,85,98)(H,86,102)(H4,71,72,75)/b46-30+/t39-,42-,43+,44-,45-,47-,48+,49+,50-,51+,52-/m0/s1. The van der Waals surface area contributed by atoms with Gasteiger partial charge < -0.3 is 107 Å². The molecule has 36 nitrogen and oxygen atoms in total. The van der Waals surface area contributed by atoms with Crippen molar-refractivity contribution in [3.63, 3.8) is 0 Å².